The predicted octanol–water partition coefficient (Wildman–Crippen LogP) is -1.24. The van der Waals surface area contributed by atoms with Gasteiger partial charge >= 0.3 is 29.0 Å². The Balaban J connectivity index is 0. The van der Waals surface area contributed by atoms with Gasteiger partial charge in [0.1, 0.15) is 6.04 Å². The molecule has 1 unspecified atom stereocenters. The molecule has 0 rings (SSSR count). The largest absolute Gasteiger partial charge is 2.00 e. The van der Waals surface area contributed by atoms with E-state index in [0.29, 0.717) is 19.4 Å². The van der Waals surface area contributed by atoms with E-state index < -0.39 is 12.0 Å². The molecule has 0 aromatic heterocycles. The van der Waals surface area contributed by atoms with Crippen LogP contribution in [0.5, 0.6) is 0 Å². The number of aliphatic carboxylic acids is 1. The first-order valence-electron chi connectivity index (χ1n) is 2.87. The number of carboxylic acids is 1. The molecule has 0 amide bonds. The van der Waals surface area contributed by atoms with E-state index in [1.165, 1.54) is 0 Å². The second-order valence-corrected chi connectivity index (χ2v) is 1.88. The fourth-order valence-electron chi connectivity index (χ4n) is 0.461. The number of carboxylic acid groups (broad SMARTS) is 1. The van der Waals surface area contributed by atoms with Crippen LogP contribution in [0.2, 0.25) is 0 Å². The first kappa shape index (κ1) is 12.8. The average Bonchev–Trinajstić information content (AvgIpc) is 1.82. The van der Waals surface area contributed by atoms with Gasteiger partial charge in [0.2, 0.25) is 0 Å². The normalized spacial score (nSPS) is 11.8. The van der Waals surface area contributed by atoms with Gasteiger partial charge < -0.3 is 16.6 Å². The summed E-state index contributed by atoms with van der Waals surface area (Å²) in [6.07, 6.45) is 1.14. The minimum atomic E-state index is -0.955. The van der Waals surface area contributed by atoms with Gasteiger partial charge in [-0.25, -0.2) is 0 Å². The molecular weight excluding hydrogens is 144 g/mol. The smallest absolute Gasteiger partial charge is 0.480 e. The van der Waals surface area contributed by atoms with E-state index in [-0.39, 0.29) is 23.1 Å². The zero-order valence-electron chi connectivity index (χ0n) is 5.92. The molecule has 0 bridgehead atoms. The Morgan fingerprint density at radius 1 is 1.60 bits per heavy atom. The molecule has 0 aliphatic rings. The maximum atomic E-state index is 10.0. The maximum Gasteiger partial charge on any atom is 2.00 e. The first-order valence-corrected chi connectivity index (χ1v) is 2.87. The Bertz CT molecular complexity index is 99.6. The number of hydrogen-bond donors (Lipinski definition) is 3. The van der Waals surface area contributed by atoms with Gasteiger partial charge in [0.25, 0.3) is 0 Å². The second-order valence-electron chi connectivity index (χ2n) is 1.88. The molecule has 0 spiro atoms. The van der Waals surface area contributed by atoms with Gasteiger partial charge in [-0.1, -0.05) is 0 Å². The fourth-order valence-corrected chi connectivity index (χ4v) is 0.461. The van der Waals surface area contributed by atoms with Crippen molar-refractivity contribution >= 4 is 29.0 Å². The van der Waals surface area contributed by atoms with Crippen LogP contribution >= 0.6 is 0 Å². The minimum absolute atomic E-state index is 0. The van der Waals surface area contributed by atoms with Gasteiger partial charge in [-0.2, -0.15) is 0 Å². The Labute approximate surface area is 76.1 Å². The number of nitrogens with two attached hydrogens (primary N) is 2. The van der Waals surface area contributed by atoms with Crippen LogP contribution in [0, 0.1) is 0 Å². The molecule has 5 heteroatoms. The van der Waals surface area contributed by atoms with E-state index in [0.717, 1.165) is 0 Å². The Kier molecular flexibility index (Phi) is 9.30. The SMILES string of the molecule is NCCCC(N)C(=O)O.[Mg+2]. The molecule has 10 heavy (non-hydrogen) atoms. The molecule has 4 nitrogen and oxygen atoms in total. The Hall–Kier alpha value is 0.156. The third-order valence-corrected chi connectivity index (χ3v) is 1.04. The van der Waals surface area contributed by atoms with Crippen molar-refractivity contribution in [3.05, 3.63) is 0 Å². The summed E-state index contributed by atoms with van der Waals surface area (Å²) in [5, 5.41) is 8.24. The van der Waals surface area contributed by atoms with Crippen LogP contribution in [0.15, 0.2) is 0 Å². The summed E-state index contributed by atoms with van der Waals surface area (Å²) in [6, 6.07) is -0.742. The van der Waals surface area contributed by atoms with Gasteiger partial charge in [-0.05, 0) is 19.4 Å². The van der Waals surface area contributed by atoms with Crippen LogP contribution in [0.3, 0.4) is 0 Å². The Morgan fingerprint density at radius 3 is 2.40 bits per heavy atom. The summed E-state index contributed by atoms with van der Waals surface area (Å²) in [5.74, 6) is -0.955. The number of rotatable bonds is 4. The van der Waals surface area contributed by atoms with Crippen LogP contribution in [-0.4, -0.2) is 46.7 Å². The summed E-state index contributed by atoms with van der Waals surface area (Å²) in [5.41, 5.74) is 10.3. The van der Waals surface area contributed by atoms with Gasteiger partial charge in [-0.15, -0.1) is 0 Å². The molecule has 0 aliphatic heterocycles. The third kappa shape index (κ3) is 6.28. The van der Waals surface area contributed by atoms with Crippen molar-refractivity contribution in [2.75, 3.05) is 6.54 Å². The van der Waals surface area contributed by atoms with E-state index in [1.54, 1.807) is 0 Å². The first-order chi connectivity index (χ1) is 4.18. The van der Waals surface area contributed by atoms with Crippen molar-refractivity contribution in [2.45, 2.75) is 18.9 Å². The maximum absolute atomic E-state index is 10.0. The van der Waals surface area contributed by atoms with Crippen LogP contribution in [-0.2, 0) is 4.79 Å². The summed E-state index contributed by atoms with van der Waals surface area (Å²) >= 11 is 0. The molecule has 5 N–H and O–H groups in total. The summed E-state index contributed by atoms with van der Waals surface area (Å²) < 4.78 is 0. The number of hydrogen-bond acceptors (Lipinski definition) is 3. The average molecular weight is 156 g/mol. The summed E-state index contributed by atoms with van der Waals surface area (Å²) in [7, 11) is 0. The second kappa shape index (κ2) is 7.27. The van der Waals surface area contributed by atoms with E-state index in [9.17, 15) is 4.79 Å². The summed E-state index contributed by atoms with van der Waals surface area (Å²) in [4.78, 5) is 10.0. The van der Waals surface area contributed by atoms with Crippen molar-refractivity contribution in [3.8, 4) is 0 Å². The quantitative estimate of drug-likeness (QED) is 0.444. The van der Waals surface area contributed by atoms with Crippen molar-refractivity contribution in [1.29, 1.82) is 0 Å². The van der Waals surface area contributed by atoms with Crippen molar-refractivity contribution in [1.82, 2.24) is 0 Å². The molecule has 0 aromatic carbocycles. The van der Waals surface area contributed by atoms with Crippen LogP contribution in [0.1, 0.15) is 12.8 Å². The van der Waals surface area contributed by atoms with Crippen LogP contribution in [0.4, 0.5) is 0 Å². The standard InChI is InChI=1S/C5H12N2O2.Mg/c6-3-1-2-4(7)5(8)9;/h4H,1-3,6-7H2,(H,8,9);/q;+2. The van der Waals surface area contributed by atoms with Crippen molar-refractivity contribution in [3.63, 3.8) is 0 Å². The van der Waals surface area contributed by atoms with Gasteiger partial charge in [0.15, 0.2) is 0 Å². The van der Waals surface area contributed by atoms with Gasteiger partial charge in [0.05, 0.1) is 0 Å². The molecule has 0 saturated carbocycles. The molecule has 1 atom stereocenters. The molecule has 0 aliphatic carbocycles. The van der Waals surface area contributed by atoms with E-state index in [4.69, 9.17) is 16.6 Å². The molecule has 0 saturated heterocycles. The fraction of sp³-hybridized carbons (Fsp3) is 0.800. The number of carbonyl (C=O) groups is 1. The summed E-state index contributed by atoms with van der Waals surface area (Å²) in [6.45, 7) is 0.501. The van der Waals surface area contributed by atoms with Gasteiger partial charge in [0, 0.05) is 0 Å². The molecule has 54 valence electrons. The molecular formula is C5H12MgN2O2+2. The minimum Gasteiger partial charge on any atom is -0.480 e. The zero-order valence-corrected chi connectivity index (χ0v) is 7.33. The van der Waals surface area contributed by atoms with Crippen molar-refractivity contribution in [2.24, 2.45) is 11.5 Å². The van der Waals surface area contributed by atoms with Crippen molar-refractivity contribution < 1.29 is 9.90 Å². The monoisotopic (exact) mass is 156 g/mol. The van der Waals surface area contributed by atoms with E-state index in [2.05, 4.69) is 0 Å². The van der Waals surface area contributed by atoms with E-state index in [1.807, 2.05) is 0 Å². The zero-order chi connectivity index (χ0) is 7.28. The third-order valence-electron chi connectivity index (χ3n) is 1.04. The van der Waals surface area contributed by atoms with E-state index >= 15 is 0 Å². The van der Waals surface area contributed by atoms with Gasteiger partial charge in [-0.3, -0.25) is 4.79 Å². The Morgan fingerprint density at radius 2 is 2.10 bits per heavy atom. The van der Waals surface area contributed by atoms with Crippen LogP contribution < -0.4 is 11.5 Å². The molecule has 0 fully saturated rings. The predicted molar refractivity (Wildman–Crippen MR) is 39.7 cm³/mol. The molecule has 0 aromatic rings. The molecule has 0 radical (unpaired) electrons. The molecule has 0 heterocycles. The topological polar surface area (TPSA) is 89.3 Å². The van der Waals surface area contributed by atoms with Crippen LogP contribution in [0.25, 0.3) is 0 Å².